The average molecular weight is 514 g/mol. The highest BCUT2D eigenvalue weighted by Gasteiger charge is 2.31. The molecule has 3 fully saturated rings. The van der Waals surface area contributed by atoms with Gasteiger partial charge in [0.05, 0.1) is 30.6 Å². The minimum Gasteiger partial charge on any atom is -0.380 e. The van der Waals surface area contributed by atoms with E-state index in [1.54, 1.807) is 12.5 Å². The van der Waals surface area contributed by atoms with Crippen LogP contribution in [0.15, 0.2) is 23.6 Å². The van der Waals surface area contributed by atoms with Gasteiger partial charge in [0.1, 0.15) is 5.69 Å². The van der Waals surface area contributed by atoms with Crippen LogP contribution in [-0.4, -0.2) is 79.3 Å². The zero-order chi connectivity index (χ0) is 25.3. The minimum absolute atomic E-state index is 0.0808. The van der Waals surface area contributed by atoms with Crippen LogP contribution in [0.5, 0.6) is 0 Å². The van der Waals surface area contributed by atoms with Crippen molar-refractivity contribution in [1.82, 2.24) is 15.2 Å². The Morgan fingerprint density at radius 2 is 2.06 bits per heavy atom. The highest BCUT2D eigenvalue weighted by atomic mass is 32.1. The molecular formula is C26H35N5O4S. The summed E-state index contributed by atoms with van der Waals surface area (Å²) in [7, 11) is 1.72. The number of methoxy groups -OCH3 is 1. The lowest BCUT2D eigenvalue weighted by atomic mass is 10.00. The zero-order valence-corrected chi connectivity index (χ0v) is 22.0. The van der Waals surface area contributed by atoms with Crippen LogP contribution < -0.4 is 15.5 Å². The molecule has 2 N–H and O–H groups in total. The number of carbonyl (C=O) groups excluding carboxylic acids is 2. The lowest BCUT2D eigenvalue weighted by molar-refractivity contribution is -0.0552. The molecule has 2 aromatic rings. The second-order valence-corrected chi connectivity index (χ2v) is 11.3. The Morgan fingerprint density at radius 1 is 1.22 bits per heavy atom. The maximum atomic E-state index is 13.1. The highest BCUT2D eigenvalue weighted by Crippen LogP contribution is 2.28. The van der Waals surface area contributed by atoms with Gasteiger partial charge in [0.15, 0.2) is 5.13 Å². The fourth-order valence-electron chi connectivity index (χ4n) is 4.68. The highest BCUT2D eigenvalue weighted by molar-refractivity contribution is 7.14. The van der Waals surface area contributed by atoms with Crippen LogP contribution in [-0.2, 0) is 16.0 Å². The van der Waals surface area contributed by atoms with Gasteiger partial charge in [-0.15, -0.1) is 11.3 Å². The second-order valence-electron chi connectivity index (χ2n) is 10.5. The van der Waals surface area contributed by atoms with Crippen molar-refractivity contribution < 1.29 is 19.1 Å². The molecule has 5 rings (SSSR count). The summed E-state index contributed by atoms with van der Waals surface area (Å²) in [4.78, 5) is 35.3. The number of carbonyl (C=O) groups is 2. The van der Waals surface area contributed by atoms with Crippen LogP contribution in [0.1, 0.15) is 59.5 Å². The Bertz CT molecular complexity index is 1120. The average Bonchev–Trinajstić information content (AvgIpc) is 3.32. The molecule has 2 amide bonds. The van der Waals surface area contributed by atoms with E-state index in [1.807, 2.05) is 18.2 Å². The molecule has 1 aromatic carbocycles. The molecule has 0 unspecified atom stereocenters. The van der Waals surface area contributed by atoms with E-state index in [0.717, 1.165) is 49.6 Å². The number of anilines is 2. The Hall–Kier alpha value is -2.53. The van der Waals surface area contributed by atoms with Gasteiger partial charge in [-0.1, -0.05) is 6.07 Å². The standard InChI is InChI=1S/C26H35N5O4S/c1-26(2)16-35-11-10-31(26)13-17-4-7-21(20(12-17)23(32)27-18-5-6-18)28-24(33)22-15-36-25(29-22)30-9-8-19(14-30)34-3/h4,7,12,15,18-19H,5-6,8-11,13-14,16H2,1-3H3,(H,27,32)(H,28,33)/t19-/m0/s1. The first-order chi connectivity index (χ1) is 17.3. The van der Waals surface area contributed by atoms with Gasteiger partial charge in [-0.05, 0) is 50.8 Å². The predicted molar refractivity (Wildman–Crippen MR) is 140 cm³/mol. The smallest absolute Gasteiger partial charge is 0.275 e. The number of nitrogens with zero attached hydrogens (tertiary/aromatic N) is 3. The van der Waals surface area contributed by atoms with Crippen LogP contribution in [0.4, 0.5) is 10.8 Å². The van der Waals surface area contributed by atoms with Gasteiger partial charge in [0, 0.05) is 50.2 Å². The molecule has 9 nitrogen and oxygen atoms in total. The van der Waals surface area contributed by atoms with E-state index in [-0.39, 0.29) is 29.5 Å². The number of hydrogen-bond donors (Lipinski definition) is 2. The molecule has 36 heavy (non-hydrogen) atoms. The van der Waals surface area contributed by atoms with Gasteiger partial charge in [-0.3, -0.25) is 14.5 Å². The van der Waals surface area contributed by atoms with E-state index in [4.69, 9.17) is 9.47 Å². The maximum Gasteiger partial charge on any atom is 0.275 e. The largest absolute Gasteiger partial charge is 0.380 e. The summed E-state index contributed by atoms with van der Waals surface area (Å²) in [6, 6.07) is 5.94. The van der Waals surface area contributed by atoms with E-state index < -0.39 is 0 Å². The Labute approximate surface area is 216 Å². The van der Waals surface area contributed by atoms with Gasteiger partial charge in [-0.25, -0.2) is 4.98 Å². The molecule has 1 atom stereocenters. The molecule has 2 saturated heterocycles. The summed E-state index contributed by atoms with van der Waals surface area (Å²) >= 11 is 1.45. The van der Waals surface area contributed by atoms with Gasteiger partial charge >= 0.3 is 0 Å². The van der Waals surface area contributed by atoms with Crippen molar-refractivity contribution >= 4 is 34.0 Å². The number of rotatable bonds is 8. The third-order valence-electron chi connectivity index (χ3n) is 7.15. The molecule has 1 saturated carbocycles. The molecular weight excluding hydrogens is 478 g/mol. The molecule has 0 spiro atoms. The predicted octanol–water partition coefficient (Wildman–Crippen LogP) is 3.12. The van der Waals surface area contributed by atoms with E-state index in [2.05, 4.69) is 39.3 Å². The number of aromatic nitrogens is 1. The van der Waals surface area contributed by atoms with Gasteiger partial charge < -0.3 is 25.0 Å². The number of morpholine rings is 1. The van der Waals surface area contributed by atoms with Gasteiger partial charge in [-0.2, -0.15) is 0 Å². The monoisotopic (exact) mass is 513 g/mol. The van der Waals surface area contributed by atoms with Crippen molar-refractivity contribution in [3.05, 3.63) is 40.4 Å². The molecule has 3 heterocycles. The third-order valence-corrected chi connectivity index (χ3v) is 8.05. The van der Waals surface area contributed by atoms with Crippen LogP contribution in [0.3, 0.4) is 0 Å². The number of hydrogen-bond acceptors (Lipinski definition) is 8. The van der Waals surface area contributed by atoms with E-state index in [1.165, 1.54) is 11.3 Å². The van der Waals surface area contributed by atoms with E-state index >= 15 is 0 Å². The van der Waals surface area contributed by atoms with Crippen molar-refractivity contribution in [3.8, 4) is 0 Å². The van der Waals surface area contributed by atoms with Crippen LogP contribution in [0.2, 0.25) is 0 Å². The topological polar surface area (TPSA) is 96.0 Å². The molecule has 1 aromatic heterocycles. The first kappa shape index (κ1) is 25.1. The lowest BCUT2D eigenvalue weighted by Gasteiger charge is -2.42. The molecule has 2 aliphatic heterocycles. The number of amides is 2. The van der Waals surface area contributed by atoms with Crippen molar-refractivity contribution in [1.29, 1.82) is 0 Å². The Kier molecular flexibility index (Phi) is 7.30. The minimum atomic E-state index is -0.317. The molecule has 10 heteroatoms. The summed E-state index contributed by atoms with van der Waals surface area (Å²) in [5, 5.41) is 8.59. The van der Waals surface area contributed by atoms with Crippen LogP contribution in [0.25, 0.3) is 0 Å². The van der Waals surface area contributed by atoms with Crippen molar-refractivity contribution in [2.75, 3.05) is 50.2 Å². The Balaban J connectivity index is 1.32. The number of thiazole rings is 1. The first-order valence-corrected chi connectivity index (χ1v) is 13.5. The zero-order valence-electron chi connectivity index (χ0n) is 21.2. The summed E-state index contributed by atoms with van der Waals surface area (Å²) in [6.45, 7) is 8.90. The molecule has 1 aliphatic carbocycles. The first-order valence-electron chi connectivity index (χ1n) is 12.6. The summed E-state index contributed by atoms with van der Waals surface area (Å²) in [6.07, 6.45) is 3.14. The molecule has 194 valence electrons. The summed E-state index contributed by atoms with van der Waals surface area (Å²) < 4.78 is 11.1. The number of ether oxygens (including phenoxy) is 2. The fourth-order valence-corrected chi connectivity index (χ4v) is 5.52. The normalized spacial score (nSPS) is 22.0. The van der Waals surface area contributed by atoms with Crippen LogP contribution >= 0.6 is 11.3 Å². The molecule has 0 radical (unpaired) electrons. The summed E-state index contributed by atoms with van der Waals surface area (Å²) in [5.74, 6) is -0.472. The second kappa shape index (κ2) is 10.5. The molecule has 0 bridgehead atoms. The van der Waals surface area contributed by atoms with Gasteiger partial charge in [0.25, 0.3) is 11.8 Å². The SMILES string of the molecule is CO[C@H]1CCN(c2nc(C(=O)Nc3ccc(CN4CCOCC4(C)C)cc3C(=O)NC3CC3)cs2)C1. The lowest BCUT2D eigenvalue weighted by Crippen LogP contribution is -2.52. The van der Waals surface area contributed by atoms with Crippen LogP contribution in [0, 0.1) is 0 Å². The van der Waals surface area contributed by atoms with Crippen molar-refractivity contribution in [3.63, 3.8) is 0 Å². The quantitative estimate of drug-likeness (QED) is 0.560. The van der Waals surface area contributed by atoms with E-state index in [9.17, 15) is 9.59 Å². The number of nitrogens with one attached hydrogen (secondary N) is 2. The third kappa shape index (κ3) is 5.72. The fraction of sp³-hybridized carbons (Fsp3) is 0.577. The Morgan fingerprint density at radius 3 is 2.78 bits per heavy atom. The number of benzene rings is 1. The van der Waals surface area contributed by atoms with Crippen molar-refractivity contribution in [2.24, 2.45) is 0 Å². The molecule has 3 aliphatic rings. The van der Waals surface area contributed by atoms with Crippen molar-refractivity contribution in [2.45, 2.75) is 57.3 Å². The van der Waals surface area contributed by atoms with Gasteiger partial charge in [0.2, 0.25) is 0 Å². The van der Waals surface area contributed by atoms with E-state index in [0.29, 0.717) is 36.7 Å². The maximum absolute atomic E-state index is 13.1. The summed E-state index contributed by atoms with van der Waals surface area (Å²) in [5.41, 5.74) is 2.28.